The molecule has 4 atom stereocenters. The summed E-state index contributed by atoms with van der Waals surface area (Å²) in [5.41, 5.74) is 0. The number of allylic oxidation sites excluding steroid dienone is 9. The molecule has 0 aromatic heterocycles. The highest BCUT2D eigenvalue weighted by Gasteiger charge is 2.35. The van der Waals surface area contributed by atoms with Crippen LogP contribution in [0.25, 0.3) is 0 Å². The van der Waals surface area contributed by atoms with Crippen LogP contribution < -0.4 is 0 Å². The number of esters is 2. The van der Waals surface area contributed by atoms with Crippen molar-refractivity contribution in [1.29, 1.82) is 0 Å². The highest BCUT2D eigenvalue weighted by molar-refractivity contribution is 7.47. The van der Waals surface area contributed by atoms with Crippen molar-refractivity contribution in [2.45, 2.75) is 173 Å². The Morgan fingerprint density at radius 1 is 0.649 bits per heavy atom. The van der Waals surface area contributed by atoms with Crippen LogP contribution in [0.3, 0.4) is 0 Å². The maximum atomic E-state index is 12.7. The molecule has 0 radical (unpaired) electrons. The first kappa shape index (κ1) is 52.7. The molecule has 11 heteroatoms. The van der Waals surface area contributed by atoms with Gasteiger partial charge in [0.05, 0.1) is 40.0 Å². The zero-order valence-electron chi connectivity index (χ0n) is 36.5. The van der Waals surface area contributed by atoms with Crippen LogP contribution in [0.5, 0.6) is 0 Å². The molecule has 1 saturated heterocycles. The van der Waals surface area contributed by atoms with Crippen LogP contribution in [0, 0.1) is 0 Å². The molecule has 0 aromatic carbocycles. The molecule has 57 heavy (non-hydrogen) atoms. The van der Waals surface area contributed by atoms with Gasteiger partial charge in [-0.2, -0.15) is 0 Å². The van der Waals surface area contributed by atoms with Gasteiger partial charge in [-0.25, -0.2) is 4.57 Å². The van der Waals surface area contributed by atoms with Gasteiger partial charge >= 0.3 is 19.8 Å². The fourth-order valence-electron chi connectivity index (χ4n) is 5.93. The highest BCUT2D eigenvalue weighted by Crippen LogP contribution is 2.43. The molecule has 1 N–H and O–H groups in total. The van der Waals surface area contributed by atoms with Gasteiger partial charge in [0, 0.05) is 12.8 Å². The van der Waals surface area contributed by atoms with E-state index in [9.17, 15) is 19.0 Å². The number of rotatable bonds is 38. The number of phosphoric ester groups is 1. The first-order valence-corrected chi connectivity index (χ1v) is 23.6. The quantitative estimate of drug-likeness (QED) is 0.0162. The predicted molar refractivity (Wildman–Crippen MR) is 233 cm³/mol. The Labute approximate surface area is 347 Å². The lowest BCUT2D eigenvalue weighted by Crippen LogP contribution is -2.37. The van der Waals surface area contributed by atoms with Crippen molar-refractivity contribution < 1.29 is 46.8 Å². The summed E-state index contributed by atoms with van der Waals surface area (Å²) in [5, 5.41) is 0. The van der Waals surface area contributed by atoms with E-state index in [0.29, 0.717) is 29.7 Å². The third-order valence-corrected chi connectivity index (χ3v) is 10.5. The molecule has 0 amide bonds. The molecule has 10 nitrogen and oxygen atoms in total. The van der Waals surface area contributed by atoms with E-state index in [1.54, 1.807) is 0 Å². The van der Waals surface area contributed by atoms with Gasteiger partial charge in [0.25, 0.3) is 0 Å². The first-order valence-electron chi connectivity index (χ1n) is 22.1. The minimum atomic E-state index is -4.40. The summed E-state index contributed by atoms with van der Waals surface area (Å²) < 4.78 is 39.7. The lowest BCUT2D eigenvalue weighted by molar-refractivity contribution is -0.870. The van der Waals surface area contributed by atoms with Crippen LogP contribution in [0.2, 0.25) is 0 Å². The van der Waals surface area contributed by atoms with Gasteiger partial charge in [-0.1, -0.05) is 152 Å². The zero-order chi connectivity index (χ0) is 41.9. The van der Waals surface area contributed by atoms with Gasteiger partial charge in [-0.15, -0.1) is 0 Å². The summed E-state index contributed by atoms with van der Waals surface area (Å²) in [4.78, 5) is 35.3. The number of hydrogen-bond acceptors (Lipinski definition) is 8. The second-order valence-corrected chi connectivity index (χ2v) is 17.5. The van der Waals surface area contributed by atoms with Gasteiger partial charge in [-0.05, 0) is 51.4 Å². The van der Waals surface area contributed by atoms with Crippen molar-refractivity contribution in [3.63, 3.8) is 0 Å². The standard InChI is InChI=1S/C46H80NO9P/c1-6-8-9-10-11-12-13-17-21-24-27-30-33-36-45(48)52-40-42(41-54-57(50,51)53-39-38-47(3,4)5)55-46(49)37-34-31-28-25-22-19-16-14-15-18-20-23-26-29-32-35-44-43(7-2)56-44/h14-15,19-20,22-23,28-29,31-32,42-44H,6-13,16-18,21,24-27,30,33-41H2,1-5H3/p+1/b15-14+,22-19+,23-20+,31-28+,32-29+. The lowest BCUT2D eigenvalue weighted by Gasteiger charge is -2.24. The molecule has 1 aliphatic heterocycles. The van der Waals surface area contributed by atoms with E-state index in [2.05, 4.69) is 62.5 Å². The minimum Gasteiger partial charge on any atom is -0.462 e. The smallest absolute Gasteiger partial charge is 0.462 e. The van der Waals surface area contributed by atoms with E-state index < -0.39 is 32.5 Å². The summed E-state index contributed by atoms with van der Waals surface area (Å²) in [5.74, 6) is -0.902. The molecule has 1 heterocycles. The van der Waals surface area contributed by atoms with Gasteiger partial charge < -0.3 is 23.6 Å². The van der Waals surface area contributed by atoms with Crippen molar-refractivity contribution in [2.75, 3.05) is 47.5 Å². The maximum absolute atomic E-state index is 12.7. The number of carbonyl (C=O) groups is 2. The fourth-order valence-corrected chi connectivity index (χ4v) is 6.67. The number of epoxide rings is 1. The molecule has 328 valence electrons. The summed E-state index contributed by atoms with van der Waals surface area (Å²) in [6, 6.07) is 0. The van der Waals surface area contributed by atoms with Crippen LogP contribution in [-0.2, 0) is 37.4 Å². The van der Waals surface area contributed by atoms with Crippen LogP contribution in [0.15, 0.2) is 60.8 Å². The Morgan fingerprint density at radius 3 is 1.67 bits per heavy atom. The Hall–Kier alpha value is -2.33. The number of hydrogen-bond donors (Lipinski definition) is 1. The molecule has 0 spiro atoms. The van der Waals surface area contributed by atoms with Crippen LogP contribution in [-0.4, -0.2) is 87.1 Å². The Balaban J connectivity index is 2.32. The average Bonchev–Trinajstić information content (AvgIpc) is 3.93. The third-order valence-electron chi connectivity index (χ3n) is 9.55. The van der Waals surface area contributed by atoms with E-state index in [1.807, 2.05) is 33.3 Å². The van der Waals surface area contributed by atoms with Crippen molar-refractivity contribution in [3.05, 3.63) is 60.8 Å². The molecule has 0 aromatic rings. The Morgan fingerprint density at radius 2 is 1.16 bits per heavy atom. The molecule has 1 rings (SSSR count). The lowest BCUT2D eigenvalue weighted by atomic mass is 10.0. The van der Waals surface area contributed by atoms with E-state index in [1.165, 1.54) is 64.2 Å². The molecule has 1 fully saturated rings. The summed E-state index contributed by atoms with van der Waals surface area (Å²) in [6.07, 6.45) is 43.4. The second-order valence-electron chi connectivity index (χ2n) is 16.1. The molecule has 4 unspecified atom stereocenters. The predicted octanol–water partition coefficient (Wildman–Crippen LogP) is 11.5. The SMILES string of the molecule is CCCCCCCCCCCCCCCC(=O)OCC(COP(=O)(O)OCC[N+](C)(C)C)OC(=O)CC/C=C/C/C=C/C/C=C/C/C=C/C/C=C/CC1OC1CC. The van der Waals surface area contributed by atoms with Crippen LogP contribution in [0.1, 0.15) is 155 Å². The van der Waals surface area contributed by atoms with Crippen molar-refractivity contribution in [1.82, 2.24) is 0 Å². The first-order chi connectivity index (χ1) is 27.5. The van der Waals surface area contributed by atoms with E-state index >= 15 is 0 Å². The van der Waals surface area contributed by atoms with Gasteiger partial charge in [0.1, 0.15) is 19.8 Å². The van der Waals surface area contributed by atoms with Crippen LogP contribution >= 0.6 is 7.82 Å². The number of quaternary nitrogens is 1. The normalized spacial score (nSPS) is 17.7. The average molecular weight is 823 g/mol. The second kappa shape index (κ2) is 34.5. The van der Waals surface area contributed by atoms with Crippen LogP contribution in [0.4, 0.5) is 0 Å². The topological polar surface area (TPSA) is 121 Å². The molecular formula is C46H81NO9P+. The third kappa shape index (κ3) is 35.3. The molecule has 0 saturated carbocycles. The van der Waals surface area contributed by atoms with Crippen molar-refractivity contribution in [2.24, 2.45) is 0 Å². The number of likely N-dealkylation sites (N-methyl/N-ethyl adjacent to an activating group) is 1. The van der Waals surface area contributed by atoms with Gasteiger partial charge in [0.15, 0.2) is 6.10 Å². The molecule has 0 bridgehead atoms. The van der Waals surface area contributed by atoms with Crippen molar-refractivity contribution in [3.8, 4) is 0 Å². The Bertz CT molecular complexity index is 1220. The largest absolute Gasteiger partial charge is 0.472 e. The van der Waals surface area contributed by atoms with E-state index in [0.717, 1.165) is 57.8 Å². The number of carbonyl (C=O) groups excluding carboxylic acids is 2. The number of unbranched alkanes of at least 4 members (excludes halogenated alkanes) is 12. The van der Waals surface area contributed by atoms with E-state index in [-0.39, 0.29) is 26.1 Å². The number of ether oxygens (including phenoxy) is 3. The summed E-state index contributed by atoms with van der Waals surface area (Å²) in [6.45, 7) is 4.22. The van der Waals surface area contributed by atoms with Gasteiger partial charge in [0.2, 0.25) is 0 Å². The Kier molecular flexibility index (Phi) is 31.9. The number of phosphoric acid groups is 1. The fraction of sp³-hybridized carbons (Fsp3) is 0.739. The summed E-state index contributed by atoms with van der Waals surface area (Å²) >= 11 is 0. The molecule has 1 aliphatic rings. The van der Waals surface area contributed by atoms with Crippen molar-refractivity contribution >= 4 is 19.8 Å². The maximum Gasteiger partial charge on any atom is 0.472 e. The number of nitrogens with zero attached hydrogens (tertiary/aromatic N) is 1. The molecule has 0 aliphatic carbocycles. The molecular weight excluding hydrogens is 741 g/mol. The highest BCUT2D eigenvalue weighted by atomic mass is 31.2. The van der Waals surface area contributed by atoms with E-state index in [4.69, 9.17) is 23.3 Å². The van der Waals surface area contributed by atoms with Gasteiger partial charge in [-0.3, -0.25) is 18.6 Å². The summed E-state index contributed by atoms with van der Waals surface area (Å²) in [7, 11) is 1.42. The zero-order valence-corrected chi connectivity index (χ0v) is 37.4. The monoisotopic (exact) mass is 823 g/mol. The minimum absolute atomic E-state index is 0.0148.